The fourth-order valence-electron chi connectivity index (χ4n) is 6.90. The Labute approximate surface area is 201 Å². The maximum absolute atomic E-state index is 6.65. The molecule has 3 aromatic carbocycles. The molecule has 1 aliphatic heterocycles. The van der Waals surface area contributed by atoms with Crippen molar-refractivity contribution in [3.8, 4) is 0 Å². The van der Waals surface area contributed by atoms with Gasteiger partial charge in [0.25, 0.3) is 0 Å². The Morgan fingerprint density at radius 3 is 1.55 bits per heavy atom. The van der Waals surface area contributed by atoms with Gasteiger partial charge >= 0.3 is 0 Å². The smallest absolute Gasteiger partial charge is 0.0724 e. The second-order valence-corrected chi connectivity index (χ2v) is 15.8. The highest BCUT2D eigenvalue weighted by Gasteiger charge is 2.52. The highest BCUT2D eigenvalue weighted by Crippen LogP contribution is 2.50. The zero-order valence-electron chi connectivity index (χ0n) is 20.3. The highest BCUT2D eigenvalue weighted by molar-refractivity contribution is 6.82. The van der Waals surface area contributed by atoms with Gasteiger partial charge in [0.1, 0.15) is 0 Å². The molecule has 33 heavy (non-hydrogen) atoms. The molecule has 1 aliphatic carbocycles. The van der Waals surface area contributed by atoms with Crippen molar-refractivity contribution in [3.05, 3.63) is 108 Å². The van der Waals surface area contributed by atoms with Crippen LogP contribution >= 0.6 is 0 Å². The van der Waals surface area contributed by atoms with E-state index >= 15 is 0 Å². The van der Waals surface area contributed by atoms with Gasteiger partial charge in [-0.15, -0.1) is 0 Å². The quantitative estimate of drug-likeness (QED) is 0.259. The van der Waals surface area contributed by atoms with E-state index in [9.17, 15) is 0 Å². The van der Waals surface area contributed by atoms with Gasteiger partial charge in [-0.3, -0.25) is 0 Å². The first kappa shape index (κ1) is 22.6. The van der Waals surface area contributed by atoms with E-state index in [4.69, 9.17) is 4.74 Å². The zero-order valence-corrected chi connectivity index (χ0v) is 21.3. The molecule has 3 aromatic rings. The van der Waals surface area contributed by atoms with Gasteiger partial charge in [0.2, 0.25) is 0 Å². The minimum absolute atomic E-state index is 0.115. The van der Waals surface area contributed by atoms with Crippen molar-refractivity contribution >= 4 is 8.07 Å². The van der Waals surface area contributed by atoms with Gasteiger partial charge in [-0.25, -0.2) is 0 Å². The van der Waals surface area contributed by atoms with Crippen molar-refractivity contribution in [2.24, 2.45) is 5.92 Å². The summed E-state index contributed by atoms with van der Waals surface area (Å²) in [7, 11) is -1.94. The summed E-state index contributed by atoms with van der Waals surface area (Å²) in [6, 6.07) is 35.0. The maximum Gasteiger partial charge on any atom is 0.0724 e. The molecule has 0 unspecified atom stereocenters. The van der Waals surface area contributed by atoms with Crippen LogP contribution in [0.5, 0.6) is 0 Å². The monoisotopic (exact) mass is 454 g/mol. The van der Waals surface area contributed by atoms with Crippen molar-refractivity contribution in [3.63, 3.8) is 0 Å². The average molecular weight is 455 g/mol. The van der Waals surface area contributed by atoms with Gasteiger partial charge in [-0.2, -0.15) is 0 Å². The molecule has 0 radical (unpaired) electrons. The number of benzene rings is 3. The van der Waals surface area contributed by atoms with E-state index in [0.29, 0.717) is 12.2 Å². The Bertz CT molecular complexity index is 906. The molecule has 1 saturated heterocycles. The zero-order chi connectivity index (χ0) is 22.7. The molecule has 1 nitrogen and oxygen atoms in total. The van der Waals surface area contributed by atoms with E-state index in [-0.39, 0.29) is 5.04 Å². The van der Waals surface area contributed by atoms with E-state index in [2.05, 4.69) is 104 Å². The van der Waals surface area contributed by atoms with E-state index in [1.54, 1.807) is 0 Å². The van der Waals surface area contributed by atoms with Gasteiger partial charge in [0, 0.05) is 5.04 Å². The summed E-state index contributed by atoms with van der Waals surface area (Å²) in [4.78, 5) is 0. The predicted molar refractivity (Wildman–Crippen MR) is 141 cm³/mol. The molecule has 2 heteroatoms. The lowest BCUT2D eigenvalue weighted by atomic mass is 9.81. The van der Waals surface area contributed by atoms with Gasteiger partial charge in [-0.1, -0.05) is 123 Å². The predicted octanol–water partition coefficient (Wildman–Crippen LogP) is 8.01. The topological polar surface area (TPSA) is 9.23 Å². The van der Waals surface area contributed by atoms with Crippen LogP contribution in [0.25, 0.3) is 0 Å². The van der Waals surface area contributed by atoms with Crippen LogP contribution in [0.3, 0.4) is 0 Å². The molecule has 172 valence electrons. The Kier molecular flexibility index (Phi) is 6.58. The Morgan fingerprint density at radius 2 is 1.12 bits per heavy atom. The number of ether oxygens (including phenoxy) is 1. The summed E-state index contributed by atoms with van der Waals surface area (Å²) in [6.07, 6.45) is 9.15. The highest BCUT2D eigenvalue weighted by atomic mass is 28.3. The summed E-state index contributed by atoms with van der Waals surface area (Å²) in [5.74, 6) is 0.807. The minimum Gasteiger partial charge on any atom is -0.375 e. The molecule has 5 rings (SSSR count). The van der Waals surface area contributed by atoms with Crippen LogP contribution in [0.15, 0.2) is 91.0 Å². The van der Waals surface area contributed by atoms with Crippen LogP contribution in [-0.2, 0) is 9.78 Å². The fraction of sp³-hybridized carbons (Fsp3) is 0.419. The molecule has 0 amide bonds. The molecular formula is C31H38OSi. The minimum atomic E-state index is -1.94. The normalized spacial score (nSPS) is 22.0. The van der Waals surface area contributed by atoms with Crippen LogP contribution in [0.4, 0.5) is 0 Å². The molecular weight excluding hydrogens is 416 g/mol. The Hall–Kier alpha value is -2.16. The summed E-state index contributed by atoms with van der Waals surface area (Å²) in [6.45, 7) is 5.19. The summed E-state index contributed by atoms with van der Waals surface area (Å²) in [5.41, 5.74) is 4.26. The number of rotatable bonds is 7. The lowest BCUT2D eigenvalue weighted by Crippen LogP contribution is -2.57. The second kappa shape index (κ2) is 9.60. The van der Waals surface area contributed by atoms with Gasteiger partial charge in [-0.05, 0) is 47.9 Å². The van der Waals surface area contributed by atoms with E-state index < -0.39 is 8.07 Å². The largest absolute Gasteiger partial charge is 0.375 e. The number of hydrogen-bond donors (Lipinski definition) is 0. The first-order valence-electron chi connectivity index (χ1n) is 12.9. The van der Waals surface area contributed by atoms with E-state index in [1.165, 1.54) is 61.3 Å². The third-order valence-electron chi connectivity index (χ3n) is 8.41. The van der Waals surface area contributed by atoms with Crippen molar-refractivity contribution in [2.75, 3.05) is 0 Å². The molecule has 2 fully saturated rings. The van der Waals surface area contributed by atoms with Gasteiger partial charge < -0.3 is 4.74 Å². The summed E-state index contributed by atoms with van der Waals surface area (Å²) >= 11 is 0. The van der Waals surface area contributed by atoms with Gasteiger partial charge in [0.05, 0.1) is 20.3 Å². The number of hydrogen-bond acceptors (Lipinski definition) is 1. The third-order valence-corrected chi connectivity index (χ3v) is 12.8. The van der Waals surface area contributed by atoms with Crippen molar-refractivity contribution in [1.29, 1.82) is 0 Å². The van der Waals surface area contributed by atoms with Crippen LogP contribution < -0.4 is 0 Å². The first-order valence-corrected chi connectivity index (χ1v) is 16.1. The molecule has 0 aromatic heterocycles. The lowest BCUT2D eigenvalue weighted by Gasteiger charge is -2.51. The van der Waals surface area contributed by atoms with E-state index in [1.807, 2.05) is 0 Å². The summed E-state index contributed by atoms with van der Waals surface area (Å²) in [5, 5.41) is -0.115. The summed E-state index contributed by atoms with van der Waals surface area (Å²) < 4.78 is 6.65. The average Bonchev–Trinajstić information content (AvgIpc) is 2.84. The Morgan fingerprint density at radius 1 is 0.697 bits per heavy atom. The molecule has 0 spiro atoms. The molecule has 2 atom stereocenters. The van der Waals surface area contributed by atoms with Crippen LogP contribution in [-0.4, -0.2) is 20.3 Å². The lowest BCUT2D eigenvalue weighted by molar-refractivity contribution is -0.146. The van der Waals surface area contributed by atoms with Crippen molar-refractivity contribution < 1.29 is 4.74 Å². The Balaban J connectivity index is 1.53. The molecule has 0 bridgehead atoms. The van der Waals surface area contributed by atoms with Crippen molar-refractivity contribution in [1.82, 2.24) is 0 Å². The van der Waals surface area contributed by atoms with Crippen LogP contribution in [0.2, 0.25) is 19.1 Å². The first-order chi connectivity index (χ1) is 16.1. The second-order valence-electron chi connectivity index (χ2n) is 10.9. The fourth-order valence-corrected chi connectivity index (χ4v) is 11.4. The van der Waals surface area contributed by atoms with Crippen LogP contribution in [0, 0.1) is 5.92 Å². The SMILES string of the molecule is C[Si](C)(C[C@H]1C[C@@H](C2CCCCC2)O1)C(c1ccccc1)(c1ccccc1)c1ccccc1. The molecule has 0 N–H and O–H groups in total. The van der Waals surface area contributed by atoms with E-state index in [0.717, 1.165) is 5.92 Å². The van der Waals surface area contributed by atoms with Crippen molar-refractivity contribution in [2.45, 2.75) is 74.9 Å². The third kappa shape index (κ3) is 4.24. The van der Waals surface area contributed by atoms with Gasteiger partial charge in [0.15, 0.2) is 0 Å². The molecule has 1 saturated carbocycles. The maximum atomic E-state index is 6.65. The molecule has 2 aliphatic rings. The standard InChI is InChI=1S/C31H38OSi/c1-33(2,24-29-23-30(32-29)25-15-7-3-8-16-25)31(26-17-9-4-10-18-26,27-19-11-5-12-20-27)28-21-13-6-14-22-28/h4-6,9-14,17-22,25,29-30H,3,7-8,15-16,23-24H2,1-2H3/t29-,30+/m1/s1. The molecule has 1 heterocycles. The van der Waals surface area contributed by atoms with Crippen LogP contribution in [0.1, 0.15) is 55.2 Å².